The van der Waals surface area contributed by atoms with Gasteiger partial charge in [0.1, 0.15) is 11.9 Å². The molecule has 3 aromatic heterocycles. The third-order valence-corrected chi connectivity index (χ3v) is 4.22. The lowest BCUT2D eigenvalue weighted by Gasteiger charge is -2.32. The van der Waals surface area contributed by atoms with Gasteiger partial charge in [0.15, 0.2) is 5.82 Å². The van der Waals surface area contributed by atoms with E-state index in [0.29, 0.717) is 36.9 Å². The molecule has 1 atom stereocenters. The van der Waals surface area contributed by atoms with Gasteiger partial charge in [0.2, 0.25) is 0 Å². The molecule has 132 valence electrons. The minimum Gasteiger partial charge on any atom is -0.368 e. The fourth-order valence-corrected chi connectivity index (χ4v) is 2.90. The van der Waals surface area contributed by atoms with Gasteiger partial charge < -0.3 is 9.64 Å². The van der Waals surface area contributed by atoms with E-state index in [1.54, 1.807) is 46.5 Å². The van der Waals surface area contributed by atoms with Crippen molar-refractivity contribution in [3.8, 4) is 5.82 Å². The Morgan fingerprint density at radius 2 is 2.15 bits per heavy atom. The fourth-order valence-electron chi connectivity index (χ4n) is 2.90. The van der Waals surface area contributed by atoms with Crippen LogP contribution in [-0.4, -0.2) is 55.2 Å². The van der Waals surface area contributed by atoms with Gasteiger partial charge in [0, 0.05) is 31.3 Å². The minimum absolute atomic E-state index is 0.0661. The van der Waals surface area contributed by atoms with Gasteiger partial charge in [0.25, 0.3) is 5.91 Å². The number of aryl methyl sites for hydroxylation is 1. The third kappa shape index (κ3) is 3.31. The summed E-state index contributed by atoms with van der Waals surface area (Å²) in [5, 5.41) is 4.13. The van der Waals surface area contributed by atoms with Crippen molar-refractivity contribution in [1.82, 2.24) is 29.6 Å². The summed E-state index contributed by atoms with van der Waals surface area (Å²) < 4.78 is 7.44. The molecular weight excluding hydrogens is 332 g/mol. The number of aromatic nitrogens is 5. The molecule has 4 heterocycles. The van der Waals surface area contributed by atoms with Crippen molar-refractivity contribution in [3.63, 3.8) is 0 Å². The standard InChI is InChI=1S/C18H18N6O2/c1-13-19-7-5-15(22-13)16-12-23(9-10-26-16)18(25)14-3-4-17(20-11-14)24-8-2-6-21-24/h2-8,11,16H,9-10,12H2,1H3/t16-/m1/s1. The molecule has 26 heavy (non-hydrogen) atoms. The lowest BCUT2D eigenvalue weighted by atomic mass is 10.1. The normalized spacial score (nSPS) is 17.3. The Bertz CT molecular complexity index is 894. The van der Waals surface area contributed by atoms with Crippen molar-refractivity contribution >= 4 is 5.91 Å². The lowest BCUT2D eigenvalue weighted by molar-refractivity contribution is -0.0248. The van der Waals surface area contributed by atoms with Crippen LogP contribution < -0.4 is 0 Å². The summed E-state index contributed by atoms with van der Waals surface area (Å²) in [5.74, 6) is 1.29. The van der Waals surface area contributed by atoms with Crippen molar-refractivity contribution < 1.29 is 9.53 Å². The molecule has 0 spiro atoms. The molecule has 0 bridgehead atoms. The number of nitrogens with zero attached hydrogens (tertiary/aromatic N) is 6. The molecule has 1 saturated heterocycles. The van der Waals surface area contributed by atoms with E-state index in [9.17, 15) is 4.79 Å². The van der Waals surface area contributed by atoms with E-state index < -0.39 is 0 Å². The second-order valence-corrected chi connectivity index (χ2v) is 6.00. The summed E-state index contributed by atoms with van der Waals surface area (Å²) in [7, 11) is 0. The second kappa shape index (κ2) is 7.01. The largest absolute Gasteiger partial charge is 0.368 e. The van der Waals surface area contributed by atoms with Gasteiger partial charge in [-0.2, -0.15) is 5.10 Å². The number of rotatable bonds is 3. The van der Waals surface area contributed by atoms with Crippen molar-refractivity contribution in [2.75, 3.05) is 19.7 Å². The summed E-state index contributed by atoms with van der Waals surface area (Å²) in [5.41, 5.74) is 1.34. The van der Waals surface area contributed by atoms with E-state index in [1.165, 1.54) is 0 Å². The predicted octanol–water partition coefficient (Wildman–Crippen LogP) is 1.58. The zero-order chi connectivity index (χ0) is 17.9. The summed E-state index contributed by atoms with van der Waals surface area (Å²) >= 11 is 0. The van der Waals surface area contributed by atoms with E-state index in [4.69, 9.17) is 4.74 Å². The monoisotopic (exact) mass is 350 g/mol. The third-order valence-electron chi connectivity index (χ3n) is 4.22. The van der Waals surface area contributed by atoms with Crippen molar-refractivity contribution in [2.24, 2.45) is 0 Å². The van der Waals surface area contributed by atoms with Crippen LogP contribution in [0.5, 0.6) is 0 Å². The average molecular weight is 350 g/mol. The van der Waals surface area contributed by atoms with Crippen LogP contribution in [-0.2, 0) is 4.74 Å². The fraction of sp³-hybridized carbons (Fsp3) is 0.278. The highest BCUT2D eigenvalue weighted by molar-refractivity contribution is 5.94. The number of carbonyl (C=O) groups excluding carboxylic acids is 1. The smallest absolute Gasteiger partial charge is 0.255 e. The highest BCUT2D eigenvalue weighted by Crippen LogP contribution is 2.21. The first-order chi connectivity index (χ1) is 12.7. The Kier molecular flexibility index (Phi) is 4.40. The molecular formula is C18H18N6O2. The van der Waals surface area contributed by atoms with Crippen LogP contribution in [0.25, 0.3) is 5.82 Å². The average Bonchev–Trinajstić information content (AvgIpc) is 3.22. The summed E-state index contributed by atoms with van der Waals surface area (Å²) in [6.45, 7) is 3.30. The molecule has 8 nitrogen and oxygen atoms in total. The molecule has 0 aromatic carbocycles. The number of amides is 1. The zero-order valence-electron chi connectivity index (χ0n) is 14.3. The van der Waals surface area contributed by atoms with Gasteiger partial charge in [-0.1, -0.05) is 0 Å². The molecule has 1 aliphatic heterocycles. The van der Waals surface area contributed by atoms with Crippen LogP contribution in [0.4, 0.5) is 0 Å². The topological polar surface area (TPSA) is 86.0 Å². The van der Waals surface area contributed by atoms with Crippen LogP contribution in [0.15, 0.2) is 49.1 Å². The predicted molar refractivity (Wildman–Crippen MR) is 92.7 cm³/mol. The van der Waals surface area contributed by atoms with Crippen molar-refractivity contribution in [3.05, 3.63) is 66.1 Å². The summed E-state index contributed by atoms with van der Waals surface area (Å²) in [6, 6.07) is 7.20. The van der Waals surface area contributed by atoms with Crippen LogP contribution in [0.2, 0.25) is 0 Å². The molecule has 4 rings (SSSR count). The molecule has 0 aliphatic carbocycles. The van der Waals surface area contributed by atoms with E-state index >= 15 is 0 Å². The molecule has 1 amide bonds. The number of hydrogen-bond donors (Lipinski definition) is 0. The second-order valence-electron chi connectivity index (χ2n) is 6.00. The molecule has 1 aliphatic rings. The first-order valence-corrected chi connectivity index (χ1v) is 8.37. The highest BCUT2D eigenvalue weighted by Gasteiger charge is 2.27. The van der Waals surface area contributed by atoms with E-state index in [1.807, 2.05) is 19.1 Å². The van der Waals surface area contributed by atoms with Crippen molar-refractivity contribution in [2.45, 2.75) is 13.0 Å². The molecule has 0 radical (unpaired) electrons. The number of carbonyl (C=O) groups is 1. The van der Waals surface area contributed by atoms with Crippen LogP contribution >= 0.6 is 0 Å². The molecule has 0 saturated carbocycles. The lowest BCUT2D eigenvalue weighted by Crippen LogP contribution is -2.42. The SMILES string of the molecule is Cc1nccc([C@H]2CN(C(=O)c3ccc(-n4cccn4)nc3)CCO2)n1. The number of ether oxygens (including phenoxy) is 1. The molecule has 3 aromatic rings. The van der Waals surface area contributed by atoms with Crippen LogP contribution in [0.3, 0.4) is 0 Å². The number of pyridine rings is 1. The Labute approximate surface area is 150 Å². The van der Waals surface area contributed by atoms with Crippen LogP contribution in [0, 0.1) is 6.92 Å². The Morgan fingerprint density at radius 3 is 2.88 bits per heavy atom. The van der Waals surface area contributed by atoms with Gasteiger partial charge >= 0.3 is 0 Å². The molecule has 0 unspecified atom stereocenters. The molecule has 8 heteroatoms. The van der Waals surface area contributed by atoms with Gasteiger partial charge in [-0.05, 0) is 31.2 Å². The Balaban J connectivity index is 1.49. The number of hydrogen-bond acceptors (Lipinski definition) is 6. The van der Waals surface area contributed by atoms with Gasteiger partial charge in [-0.25, -0.2) is 19.6 Å². The summed E-state index contributed by atoms with van der Waals surface area (Å²) in [6.07, 6.45) is 6.53. The first kappa shape index (κ1) is 16.3. The quantitative estimate of drug-likeness (QED) is 0.713. The zero-order valence-corrected chi connectivity index (χ0v) is 14.3. The Hall–Kier alpha value is -3.13. The first-order valence-electron chi connectivity index (χ1n) is 8.37. The number of morpholine rings is 1. The van der Waals surface area contributed by atoms with E-state index in [-0.39, 0.29) is 12.0 Å². The molecule has 1 fully saturated rings. The summed E-state index contributed by atoms with van der Waals surface area (Å²) in [4.78, 5) is 27.4. The minimum atomic E-state index is -0.245. The van der Waals surface area contributed by atoms with Gasteiger partial charge in [-0.3, -0.25) is 4.79 Å². The highest BCUT2D eigenvalue weighted by atomic mass is 16.5. The van der Waals surface area contributed by atoms with Crippen molar-refractivity contribution in [1.29, 1.82) is 0 Å². The van der Waals surface area contributed by atoms with E-state index in [2.05, 4.69) is 20.1 Å². The van der Waals surface area contributed by atoms with Gasteiger partial charge in [-0.15, -0.1) is 0 Å². The Morgan fingerprint density at radius 1 is 1.23 bits per heavy atom. The maximum absolute atomic E-state index is 12.8. The van der Waals surface area contributed by atoms with Gasteiger partial charge in [0.05, 0.1) is 24.4 Å². The molecule has 0 N–H and O–H groups in total. The maximum Gasteiger partial charge on any atom is 0.255 e. The van der Waals surface area contributed by atoms with Crippen LogP contribution in [0.1, 0.15) is 28.0 Å². The maximum atomic E-state index is 12.8. The van der Waals surface area contributed by atoms with E-state index in [0.717, 1.165) is 5.69 Å².